The fourth-order valence-corrected chi connectivity index (χ4v) is 4.71. The molecule has 0 aromatic rings. The van der Waals surface area contributed by atoms with Gasteiger partial charge in [0.05, 0.1) is 0 Å². The summed E-state index contributed by atoms with van der Waals surface area (Å²) in [5.41, 5.74) is 0.881. The molecule has 2 nitrogen and oxygen atoms in total. The fraction of sp³-hybridized carbons (Fsp3) is 1.00. The van der Waals surface area contributed by atoms with Crippen molar-refractivity contribution in [3.63, 3.8) is 0 Å². The Balaban J connectivity index is 1.56. The molecule has 3 rings (SSSR count). The summed E-state index contributed by atoms with van der Waals surface area (Å²) in [6.45, 7) is 18.3. The minimum absolute atomic E-state index is 0.364. The Morgan fingerprint density at radius 3 is 1.84 bits per heavy atom. The predicted octanol–water partition coefficient (Wildman–Crippen LogP) is 3.23. The summed E-state index contributed by atoms with van der Waals surface area (Å²) in [6.07, 6.45) is 2.94. The van der Waals surface area contributed by atoms with Gasteiger partial charge in [-0.2, -0.15) is 0 Å². The SMILES string of the molecule is CC(C)(C)C1CC2CC1CN2C1CN(C(C)(C)C)C1. The molecule has 1 aliphatic carbocycles. The van der Waals surface area contributed by atoms with Crippen molar-refractivity contribution in [1.29, 1.82) is 0 Å². The van der Waals surface area contributed by atoms with E-state index in [1.807, 2.05) is 0 Å². The molecule has 2 heterocycles. The van der Waals surface area contributed by atoms with E-state index in [-0.39, 0.29) is 0 Å². The van der Waals surface area contributed by atoms with Crippen molar-refractivity contribution in [2.75, 3.05) is 19.6 Å². The van der Waals surface area contributed by atoms with Crippen LogP contribution in [-0.4, -0.2) is 47.1 Å². The van der Waals surface area contributed by atoms with E-state index in [2.05, 4.69) is 51.3 Å². The van der Waals surface area contributed by atoms with Gasteiger partial charge in [0.25, 0.3) is 0 Å². The van der Waals surface area contributed by atoms with Crippen LogP contribution in [0.1, 0.15) is 54.4 Å². The smallest absolute Gasteiger partial charge is 0.0353 e. The second-order valence-electron chi connectivity index (χ2n) is 9.28. The third kappa shape index (κ3) is 2.35. The maximum Gasteiger partial charge on any atom is 0.0353 e. The van der Waals surface area contributed by atoms with Gasteiger partial charge in [-0.1, -0.05) is 20.8 Å². The summed E-state index contributed by atoms with van der Waals surface area (Å²) >= 11 is 0. The molecule has 1 saturated carbocycles. The Morgan fingerprint density at radius 1 is 0.789 bits per heavy atom. The molecule has 0 aromatic heterocycles. The summed E-state index contributed by atoms with van der Waals surface area (Å²) in [6, 6.07) is 1.76. The molecule has 0 spiro atoms. The van der Waals surface area contributed by atoms with Gasteiger partial charge in [0.2, 0.25) is 0 Å². The van der Waals surface area contributed by atoms with E-state index in [0.29, 0.717) is 11.0 Å². The highest BCUT2D eigenvalue weighted by Crippen LogP contribution is 2.50. The van der Waals surface area contributed by atoms with Crippen LogP contribution in [0.2, 0.25) is 0 Å². The van der Waals surface area contributed by atoms with Crippen LogP contribution in [0, 0.1) is 17.3 Å². The number of hydrogen-bond acceptors (Lipinski definition) is 2. The van der Waals surface area contributed by atoms with Crippen molar-refractivity contribution in [3.8, 4) is 0 Å². The zero-order valence-corrected chi connectivity index (χ0v) is 13.7. The number of rotatable bonds is 1. The summed E-state index contributed by atoms with van der Waals surface area (Å²) in [7, 11) is 0. The van der Waals surface area contributed by atoms with Gasteiger partial charge in [-0.3, -0.25) is 9.80 Å². The molecular weight excluding hydrogens is 232 g/mol. The van der Waals surface area contributed by atoms with E-state index in [0.717, 1.165) is 23.9 Å². The topological polar surface area (TPSA) is 6.48 Å². The number of fused-ring (bicyclic) bond motifs is 2. The monoisotopic (exact) mass is 264 g/mol. The first-order valence-corrected chi connectivity index (χ1v) is 8.17. The van der Waals surface area contributed by atoms with Gasteiger partial charge >= 0.3 is 0 Å². The second kappa shape index (κ2) is 4.21. The van der Waals surface area contributed by atoms with E-state index in [1.54, 1.807) is 0 Å². The first-order chi connectivity index (χ1) is 8.66. The zero-order chi connectivity index (χ0) is 14.0. The van der Waals surface area contributed by atoms with E-state index in [1.165, 1.54) is 32.5 Å². The molecule has 0 aromatic carbocycles. The Hall–Kier alpha value is -0.0800. The minimum Gasteiger partial charge on any atom is -0.295 e. The predicted molar refractivity (Wildman–Crippen MR) is 81.3 cm³/mol. The van der Waals surface area contributed by atoms with E-state index in [4.69, 9.17) is 0 Å². The normalized spacial score (nSPS) is 37.9. The molecule has 2 saturated heterocycles. The van der Waals surface area contributed by atoms with Crippen molar-refractivity contribution >= 4 is 0 Å². The average molecular weight is 264 g/mol. The first-order valence-electron chi connectivity index (χ1n) is 8.17. The molecule has 3 atom stereocenters. The fourth-order valence-electron chi connectivity index (χ4n) is 4.71. The number of likely N-dealkylation sites (tertiary alicyclic amines) is 2. The van der Waals surface area contributed by atoms with E-state index in [9.17, 15) is 0 Å². The van der Waals surface area contributed by atoms with Crippen LogP contribution in [-0.2, 0) is 0 Å². The highest BCUT2D eigenvalue weighted by Gasteiger charge is 2.52. The molecule has 2 heteroatoms. The Kier molecular flexibility index (Phi) is 3.07. The molecular formula is C17H32N2. The molecule has 3 aliphatic rings. The summed E-state index contributed by atoms with van der Waals surface area (Å²) in [5.74, 6) is 1.95. The Labute approximate surface area is 119 Å². The van der Waals surface area contributed by atoms with Crippen LogP contribution in [0.4, 0.5) is 0 Å². The third-order valence-electron chi connectivity index (χ3n) is 5.98. The molecule has 0 N–H and O–H groups in total. The molecule has 2 bridgehead atoms. The molecule has 2 aliphatic heterocycles. The van der Waals surface area contributed by atoms with Gasteiger partial charge in [-0.15, -0.1) is 0 Å². The van der Waals surface area contributed by atoms with Crippen LogP contribution >= 0.6 is 0 Å². The lowest BCUT2D eigenvalue weighted by molar-refractivity contribution is -0.0430. The Morgan fingerprint density at radius 2 is 1.42 bits per heavy atom. The van der Waals surface area contributed by atoms with Crippen molar-refractivity contribution in [2.45, 2.75) is 72.0 Å². The molecule has 3 unspecified atom stereocenters. The van der Waals surface area contributed by atoms with Crippen LogP contribution in [0.3, 0.4) is 0 Å². The molecule has 110 valence electrons. The van der Waals surface area contributed by atoms with Gasteiger partial charge < -0.3 is 0 Å². The number of hydrogen-bond donors (Lipinski definition) is 0. The maximum absolute atomic E-state index is 2.86. The maximum atomic E-state index is 2.86. The van der Waals surface area contributed by atoms with Gasteiger partial charge in [0.15, 0.2) is 0 Å². The highest BCUT2D eigenvalue weighted by molar-refractivity contribution is 5.06. The Bertz CT molecular complexity index is 343. The largest absolute Gasteiger partial charge is 0.295 e. The van der Waals surface area contributed by atoms with Crippen LogP contribution < -0.4 is 0 Å². The lowest BCUT2D eigenvalue weighted by atomic mass is 9.73. The zero-order valence-electron chi connectivity index (χ0n) is 13.7. The number of piperidine rings is 1. The standard InChI is InChI=1S/C17H32N2/c1-16(2,3)15-8-13-7-12(15)9-19(13)14-10-18(11-14)17(4,5)6/h12-15H,7-11H2,1-6H3. The average Bonchev–Trinajstić information content (AvgIpc) is 2.69. The molecule has 0 radical (unpaired) electrons. The number of nitrogens with zero attached hydrogens (tertiary/aromatic N) is 2. The quantitative estimate of drug-likeness (QED) is 0.717. The van der Waals surface area contributed by atoms with Crippen molar-refractivity contribution in [1.82, 2.24) is 9.80 Å². The van der Waals surface area contributed by atoms with Crippen LogP contribution in [0.15, 0.2) is 0 Å². The van der Waals surface area contributed by atoms with Crippen LogP contribution in [0.5, 0.6) is 0 Å². The lowest BCUT2D eigenvalue weighted by Crippen LogP contribution is -2.65. The van der Waals surface area contributed by atoms with Crippen molar-refractivity contribution < 1.29 is 0 Å². The molecule has 3 fully saturated rings. The minimum atomic E-state index is 0.364. The molecule has 19 heavy (non-hydrogen) atoms. The molecule has 0 amide bonds. The van der Waals surface area contributed by atoms with E-state index >= 15 is 0 Å². The summed E-state index contributed by atoms with van der Waals surface area (Å²) < 4.78 is 0. The summed E-state index contributed by atoms with van der Waals surface area (Å²) in [5, 5.41) is 0. The lowest BCUT2D eigenvalue weighted by Gasteiger charge is -2.53. The van der Waals surface area contributed by atoms with Gasteiger partial charge in [-0.05, 0) is 50.9 Å². The summed E-state index contributed by atoms with van der Waals surface area (Å²) in [4.78, 5) is 5.49. The van der Waals surface area contributed by atoms with Crippen molar-refractivity contribution in [2.24, 2.45) is 17.3 Å². The van der Waals surface area contributed by atoms with E-state index < -0.39 is 0 Å². The van der Waals surface area contributed by atoms with Gasteiger partial charge in [-0.25, -0.2) is 0 Å². The second-order valence-corrected chi connectivity index (χ2v) is 9.28. The third-order valence-corrected chi connectivity index (χ3v) is 5.98. The van der Waals surface area contributed by atoms with Gasteiger partial charge in [0.1, 0.15) is 0 Å². The van der Waals surface area contributed by atoms with Gasteiger partial charge in [0, 0.05) is 37.3 Å². The van der Waals surface area contributed by atoms with Crippen LogP contribution in [0.25, 0.3) is 0 Å². The first kappa shape index (κ1) is 13.9. The highest BCUT2D eigenvalue weighted by atomic mass is 15.4. The van der Waals surface area contributed by atoms with Crippen molar-refractivity contribution in [3.05, 3.63) is 0 Å².